The smallest absolute Gasteiger partial charge is 0.297 e. The number of fused-ring (bicyclic) bond motifs is 1. The van der Waals surface area contributed by atoms with E-state index in [0.29, 0.717) is 5.02 Å². The minimum Gasteiger partial charge on any atom is -0.506 e. The molecule has 0 unspecified atom stereocenters. The number of aromatic nitrogens is 2. The SMILES string of the molecule is COc1cccnc1-c1c(O)c2ccc(Cl)cc2[nH]c(=O)c1=O. The number of H-pyrrole nitrogens is 1. The molecule has 0 saturated carbocycles. The van der Waals surface area contributed by atoms with Gasteiger partial charge in [0.2, 0.25) is 0 Å². The molecule has 0 aliphatic heterocycles. The highest BCUT2D eigenvalue weighted by molar-refractivity contribution is 6.31. The second-order valence-corrected chi connectivity index (χ2v) is 5.19. The van der Waals surface area contributed by atoms with Crippen molar-refractivity contribution in [3.05, 3.63) is 62.1 Å². The van der Waals surface area contributed by atoms with Crippen LogP contribution >= 0.6 is 11.6 Å². The van der Waals surface area contributed by atoms with Gasteiger partial charge in [0.1, 0.15) is 17.2 Å². The lowest BCUT2D eigenvalue weighted by Gasteiger charge is -2.06. The fraction of sp³-hybridized carbons (Fsp3) is 0.0625. The molecule has 0 spiro atoms. The van der Waals surface area contributed by atoms with Gasteiger partial charge in [-0.3, -0.25) is 14.6 Å². The number of hydrogen-bond donors (Lipinski definition) is 2. The van der Waals surface area contributed by atoms with E-state index in [4.69, 9.17) is 16.3 Å². The molecule has 23 heavy (non-hydrogen) atoms. The number of nitrogens with one attached hydrogen (secondary N) is 1. The highest BCUT2D eigenvalue weighted by atomic mass is 35.5. The van der Waals surface area contributed by atoms with Crippen LogP contribution in [0.2, 0.25) is 5.02 Å². The van der Waals surface area contributed by atoms with Crippen LogP contribution in [0.4, 0.5) is 0 Å². The summed E-state index contributed by atoms with van der Waals surface area (Å²) >= 11 is 5.90. The number of ether oxygens (including phenoxy) is 1. The molecule has 0 bridgehead atoms. The molecule has 0 atom stereocenters. The van der Waals surface area contributed by atoms with E-state index in [9.17, 15) is 14.7 Å². The van der Waals surface area contributed by atoms with Crippen LogP contribution < -0.4 is 15.7 Å². The normalized spacial score (nSPS) is 10.7. The molecule has 0 fully saturated rings. The minimum absolute atomic E-state index is 0.0930. The Morgan fingerprint density at radius 2 is 2.04 bits per heavy atom. The lowest BCUT2D eigenvalue weighted by Crippen LogP contribution is -2.25. The predicted octanol–water partition coefficient (Wildman–Crippen LogP) is 2.32. The van der Waals surface area contributed by atoms with Gasteiger partial charge in [0.05, 0.1) is 18.2 Å². The number of halogens is 1. The second kappa shape index (κ2) is 5.73. The average molecular weight is 331 g/mol. The van der Waals surface area contributed by atoms with E-state index in [1.54, 1.807) is 18.2 Å². The van der Waals surface area contributed by atoms with Crippen LogP contribution in [0.15, 0.2) is 46.1 Å². The number of hydrogen-bond acceptors (Lipinski definition) is 5. The van der Waals surface area contributed by atoms with Crippen molar-refractivity contribution in [3.63, 3.8) is 0 Å². The quantitative estimate of drug-likeness (QED) is 0.703. The van der Waals surface area contributed by atoms with Crippen molar-refractivity contribution in [1.29, 1.82) is 0 Å². The molecule has 2 N–H and O–H groups in total. The summed E-state index contributed by atoms with van der Waals surface area (Å²) in [5, 5.41) is 11.2. The number of methoxy groups -OCH3 is 1. The maximum atomic E-state index is 12.4. The Kier molecular flexibility index (Phi) is 3.75. The summed E-state index contributed by atoms with van der Waals surface area (Å²) in [6.45, 7) is 0. The summed E-state index contributed by atoms with van der Waals surface area (Å²) in [5.41, 5.74) is -1.68. The number of rotatable bonds is 2. The van der Waals surface area contributed by atoms with Crippen LogP contribution in [0.5, 0.6) is 11.5 Å². The number of aromatic amines is 1. The van der Waals surface area contributed by atoms with E-state index >= 15 is 0 Å². The molecule has 116 valence electrons. The van der Waals surface area contributed by atoms with E-state index in [1.165, 1.54) is 25.4 Å². The summed E-state index contributed by atoms with van der Waals surface area (Å²) in [4.78, 5) is 31.0. The fourth-order valence-corrected chi connectivity index (χ4v) is 2.50. The largest absolute Gasteiger partial charge is 0.506 e. The molecule has 0 aliphatic carbocycles. The molecule has 1 aromatic carbocycles. The first-order valence-corrected chi connectivity index (χ1v) is 6.99. The van der Waals surface area contributed by atoms with Crippen LogP contribution in [0.25, 0.3) is 22.2 Å². The Balaban J connectivity index is 2.54. The first kappa shape index (κ1) is 15.1. The van der Waals surface area contributed by atoms with Gasteiger partial charge in [-0.2, -0.15) is 0 Å². The molecule has 0 amide bonds. The molecule has 3 aromatic rings. The first-order chi connectivity index (χ1) is 11.0. The van der Waals surface area contributed by atoms with E-state index in [1.807, 2.05) is 0 Å². The van der Waals surface area contributed by atoms with Crippen molar-refractivity contribution in [2.24, 2.45) is 0 Å². The van der Waals surface area contributed by atoms with Crippen molar-refractivity contribution >= 4 is 22.5 Å². The van der Waals surface area contributed by atoms with Crippen LogP contribution in [-0.4, -0.2) is 22.2 Å². The third-order valence-corrected chi connectivity index (χ3v) is 3.62. The molecule has 0 aliphatic rings. The Bertz CT molecular complexity index is 1030. The second-order valence-electron chi connectivity index (χ2n) is 4.75. The van der Waals surface area contributed by atoms with Gasteiger partial charge >= 0.3 is 0 Å². The Labute approximate surface area is 135 Å². The Hall–Kier alpha value is -2.86. The van der Waals surface area contributed by atoms with Crippen molar-refractivity contribution < 1.29 is 9.84 Å². The number of pyridine rings is 1. The van der Waals surface area contributed by atoms with E-state index in [-0.39, 0.29) is 33.7 Å². The molecule has 2 aromatic heterocycles. The summed E-state index contributed by atoms with van der Waals surface area (Å²) in [6, 6.07) is 7.72. The number of nitrogens with zero attached hydrogens (tertiary/aromatic N) is 1. The lowest BCUT2D eigenvalue weighted by molar-refractivity contribution is 0.414. The van der Waals surface area contributed by atoms with Crippen molar-refractivity contribution in [1.82, 2.24) is 9.97 Å². The topological polar surface area (TPSA) is 92.3 Å². The van der Waals surface area contributed by atoms with E-state index < -0.39 is 11.0 Å². The van der Waals surface area contributed by atoms with Gasteiger partial charge in [-0.05, 0) is 30.3 Å². The minimum atomic E-state index is -0.910. The zero-order valence-electron chi connectivity index (χ0n) is 12.0. The zero-order valence-corrected chi connectivity index (χ0v) is 12.7. The third kappa shape index (κ3) is 2.53. The van der Waals surface area contributed by atoms with Crippen LogP contribution in [0, 0.1) is 0 Å². The monoisotopic (exact) mass is 330 g/mol. The first-order valence-electron chi connectivity index (χ1n) is 6.61. The van der Waals surface area contributed by atoms with Crippen LogP contribution in [-0.2, 0) is 0 Å². The van der Waals surface area contributed by atoms with Crippen LogP contribution in [0.1, 0.15) is 0 Å². The highest BCUT2D eigenvalue weighted by Gasteiger charge is 2.19. The van der Waals surface area contributed by atoms with Crippen molar-refractivity contribution in [2.45, 2.75) is 0 Å². The molecular weight excluding hydrogens is 320 g/mol. The fourth-order valence-electron chi connectivity index (χ4n) is 2.32. The molecular formula is C16H11ClN2O4. The molecule has 6 nitrogen and oxygen atoms in total. The van der Waals surface area contributed by atoms with E-state index in [0.717, 1.165) is 0 Å². The van der Waals surface area contributed by atoms with Gasteiger partial charge in [-0.1, -0.05) is 11.6 Å². The average Bonchev–Trinajstić information content (AvgIpc) is 2.63. The summed E-state index contributed by atoms with van der Waals surface area (Å²) in [5.74, 6) is -0.0929. The number of benzene rings is 1. The van der Waals surface area contributed by atoms with Gasteiger partial charge < -0.3 is 14.8 Å². The molecule has 7 heteroatoms. The molecule has 2 heterocycles. The maximum Gasteiger partial charge on any atom is 0.297 e. The van der Waals surface area contributed by atoms with Crippen LogP contribution in [0.3, 0.4) is 0 Å². The van der Waals surface area contributed by atoms with Gasteiger partial charge in [-0.25, -0.2) is 0 Å². The van der Waals surface area contributed by atoms with Gasteiger partial charge in [0, 0.05) is 16.6 Å². The van der Waals surface area contributed by atoms with E-state index in [2.05, 4.69) is 9.97 Å². The molecule has 3 rings (SSSR count). The van der Waals surface area contributed by atoms with Gasteiger partial charge in [0.25, 0.3) is 11.0 Å². The molecule has 0 saturated heterocycles. The van der Waals surface area contributed by atoms with Crippen molar-refractivity contribution in [2.75, 3.05) is 7.11 Å². The summed E-state index contributed by atoms with van der Waals surface area (Å²) in [6.07, 6.45) is 1.44. The van der Waals surface area contributed by atoms with Gasteiger partial charge in [-0.15, -0.1) is 0 Å². The zero-order chi connectivity index (χ0) is 16.6. The summed E-state index contributed by atoms with van der Waals surface area (Å²) < 4.78 is 5.17. The Morgan fingerprint density at radius 1 is 1.26 bits per heavy atom. The lowest BCUT2D eigenvalue weighted by atomic mass is 10.1. The maximum absolute atomic E-state index is 12.4. The third-order valence-electron chi connectivity index (χ3n) is 3.38. The standard InChI is InChI=1S/C16H11ClN2O4/c1-23-11-3-2-6-18-13(11)12-14(20)9-5-4-8(17)7-10(9)19-16(22)15(12)21/h2-7,20H,1H3,(H,19,21,22). The number of aromatic hydroxyl groups is 1. The Morgan fingerprint density at radius 3 is 2.78 bits per heavy atom. The van der Waals surface area contributed by atoms with Crippen molar-refractivity contribution in [3.8, 4) is 22.8 Å². The predicted molar refractivity (Wildman–Crippen MR) is 87.3 cm³/mol. The molecule has 0 radical (unpaired) electrons. The summed E-state index contributed by atoms with van der Waals surface area (Å²) in [7, 11) is 1.41. The highest BCUT2D eigenvalue weighted by Crippen LogP contribution is 2.34. The van der Waals surface area contributed by atoms with Gasteiger partial charge in [0.15, 0.2) is 0 Å².